The highest BCUT2D eigenvalue weighted by Gasteiger charge is 2.08. The summed E-state index contributed by atoms with van der Waals surface area (Å²) in [6.07, 6.45) is 2.00. The molecule has 2 aromatic carbocycles. The standard InChI is InChI=1S/C20H20ClFN4O/c1-25(2)16-6-3-14(4-7-16)12-20(27)23-19-9-10-26(24-19)13-15-5-8-17(21)18(22)11-15/h3-11H,12-13H2,1-2H3,(H,23,24,27). The van der Waals surface area contributed by atoms with Crippen molar-refractivity contribution in [1.82, 2.24) is 9.78 Å². The molecule has 0 radical (unpaired) electrons. The van der Waals surface area contributed by atoms with Gasteiger partial charge in [-0.05, 0) is 35.4 Å². The Bertz CT molecular complexity index is 937. The lowest BCUT2D eigenvalue weighted by atomic mass is 10.1. The van der Waals surface area contributed by atoms with Gasteiger partial charge in [-0.3, -0.25) is 9.48 Å². The Balaban J connectivity index is 1.58. The molecular weight excluding hydrogens is 367 g/mol. The van der Waals surface area contributed by atoms with Gasteiger partial charge < -0.3 is 10.2 Å². The quantitative estimate of drug-likeness (QED) is 0.697. The van der Waals surface area contributed by atoms with E-state index in [-0.39, 0.29) is 17.4 Å². The van der Waals surface area contributed by atoms with Gasteiger partial charge in [-0.1, -0.05) is 29.8 Å². The number of hydrogen-bond donors (Lipinski definition) is 1. The van der Waals surface area contributed by atoms with E-state index in [0.29, 0.717) is 12.4 Å². The number of anilines is 2. The lowest BCUT2D eigenvalue weighted by Crippen LogP contribution is -2.15. The van der Waals surface area contributed by atoms with Crippen LogP contribution in [0.3, 0.4) is 0 Å². The summed E-state index contributed by atoms with van der Waals surface area (Å²) in [5.74, 6) is -0.148. The van der Waals surface area contributed by atoms with Crippen molar-refractivity contribution in [2.45, 2.75) is 13.0 Å². The summed E-state index contributed by atoms with van der Waals surface area (Å²) in [5, 5.41) is 7.17. The van der Waals surface area contributed by atoms with Crippen molar-refractivity contribution >= 4 is 29.0 Å². The van der Waals surface area contributed by atoms with Crippen molar-refractivity contribution in [1.29, 1.82) is 0 Å². The molecule has 0 aliphatic heterocycles. The lowest BCUT2D eigenvalue weighted by molar-refractivity contribution is -0.115. The monoisotopic (exact) mass is 386 g/mol. The van der Waals surface area contributed by atoms with Gasteiger partial charge in [-0.25, -0.2) is 4.39 Å². The van der Waals surface area contributed by atoms with Gasteiger partial charge in [0.1, 0.15) is 5.82 Å². The summed E-state index contributed by atoms with van der Waals surface area (Å²) in [5.41, 5.74) is 2.74. The van der Waals surface area contributed by atoms with Gasteiger partial charge in [0.15, 0.2) is 5.82 Å². The molecule has 0 bridgehead atoms. The smallest absolute Gasteiger partial charge is 0.229 e. The molecule has 3 aromatic rings. The van der Waals surface area contributed by atoms with E-state index in [1.807, 2.05) is 43.3 Å². The number of halogens is 2. The Hall–Kier alpha value is -2.86. The fourth-order valence-corrected chi connectivity index (χ4v) is 2.74. The summed E-state index contributed by atoms with van der Waals surface area (Å²) in [6.45, 7) is 0.385. The Morgan fingerprint density at radius 3 is 2.52 bits per heavy atom. The second-order valence-electron chi connectivity index (χ2n) is 6.43. The fraction of sp³-hybridized carbons (Fsp3) is 0.200. The fourth-order valence-electron chi connectivity index (χ4n) is 2.63. The van der Waals surface area contributed by atoms with Crippen LogP contribution < -0.4 is 10.2 Å². The van der Waals surface area contributed by atoms with Crippen LogP contribution in [0, 0.1) is 5.82 Å². The molecule has 1 aromatic heterocycles. The normalized spacial score (nSPS) is 10.7. The summed E-state index contributed by atoms with van der Waals surface area (Å²) in [7, 11) is 3.94. The van der Waals surface area contributed by atoms with Crippen molar-refractivity contribution in [3.05, 3.63) is 76.7 Å². The zero-order chi connectivity index (χ0) is 19.4. The molecule has 0 spiro atoms. The number of amides is 1. The molecule has 140 valence electrons. The minimum absolute atomic E-state index is 0.0887. The Morgan fingerprint density at radius 1 is 1.15 bits per heavy atom. The van der Waals surface area contributed by atoms with Crippen molar-refractivity contribution < 1.29 is 9.18 Å². The van der Waals surface area contributed by atoms with Crippen LogP contribution in [0.1, 0.15) is 11.1 Å². The van der Waals surface area contributed by atoms with E-state index < -0.39 is 5.82 Å². The average molecular weight is 387 g/mol. The molecule has 1 amide bonds. The van der Waals surface area contributed by atoms with Crippen molar-refractivity contribution in [3.8, 4) is 0 Å². The number of nitrogens with zero attached hydrogens (tertiary/aromatic N) is 3. The molecule has 0 unspecified atom stereocenters. The van der Waals surface area contributed by atoms with E-state index in [0.717, 1.165) is 16.8 Å². The molecule has 5 nitrogen and oxygen atoms in total. The number of carbonyl (C=O) groups is 1. The zero-order valence-electron chi connectivity index (χ0n) is 15.1. The minimum Gasteiger partial charge on any atom is -0.378 e. The SMILES string of the molecule is CN(C)c1ccc(CC(=O)Nc2ccn(Cc3ccc(Cl)c(F)c3)n2)cc1. The second-order valence-corrected chi connectivity index (χ2v) is 6.84. The summed E-state index contributed by atoms with van der Waals surface area (Å²) >= 11 is 5.69. The first-order valence-corrected chi connectivity index (χ1v) is 8.82. The van der Waals surface area contributed by atoms with Gasteiger partial charge in [0.25, 0.3) is 0 Å². The third-order valence-electron chi connectivity index (χ3n) is 4.05. The van der Waals surface area contributed by atoms with Gasteiger partial charge in [0.05, 0.1) is 18.0 Å². The predicted molar refractivity (Wildman–Crippen MR) is 106 cm³/mol. The molecule has 0 aliphatic carbocycles. The average Bonchev–Trinajstić information content (AvgIpc) is 3.05. The van der Waals surface area contributed by atoms with E-state index in [9.17, 15) is 9.18 Å². The van der Waals surface area contributed by atoms with Crippen LogP contribution in [0.5, 0.6) is 0 Å². The van der Waals surface area contributed by atoms with Crippen molar-refractivity contribution in [3.63, 3.8) is 0 Å². The first kappa shape index (κ1) is 18.9. The van der Waals surface area contributed by atoms with Gasteiger partial charge in [0.2, 0.25) is 5.91 Å². The third kappa shape index (κ3) is 5.08. The van der Waals surface area contributed by atoms with Crippen LogP contribution in [-0.4, -0.2) is 29.8 Å². The second kappa shape index (κ2) is 8.22. The summed E-state index contributed by atoms with van der Waals surface area (Å²) in [4.78, 5) is 14.2. The maximum Gasteiger partial charge on any atom is 0.229 e. The number of aromatic nitrogens is 2. The maximum absolute atomic E-state index is 13.5. The van der Waals surface area contributed by atoms with Gasteiger partial charge in [-0.15, -0.1) is 0 Å². The summed E-state index contributed by atoms with van der Waals surface area (Å²) in [6, 6.07) is 14.2. The summed E-state index contributed by atoms with van der Waals surface area (Å²) < 4.78 is 15.1. The molecule has 27 heavy (non-hydrogen) atoms. The lowest BCUT2D eigenvalue weighted by Gasteiger charge is -2.12. The Labute approximate surface area is 162 Å². The van der Waals surface area contributed by atoms with E-state index in [4.69, 9.17) is 11.6 Å². The Kier molecular flexibility index (Phi) is 5.76. The highest BCUT2D eigenvalue weighted by molar-refractivity contribution is 6.30. The van der Waals surface area contributed by atoms with Crippen molar-refractivity contribution in [2.24, 2.45) is 0 Å². The number of benzene rings is 2. The van der Waals surface area contributed by atoms with E-state index in [1.54, 1.807) is 23.0 Å². The topological polar surface area (TPSA) is 50.2 Å². The third-order valence-corrected chi connectivity index (χ3v) is 4.36. The first-order valence-electron chi connectivity index (χ1n) is 8.44. The number of rotatable bonds is 6. The van der Waals surface area contributed by atoms with Gasteiger partial charge >= 0.3 is 0 Å². The van der Waals surface area contributed by atoms with E-state index in [1.165, 1.54) is 12.1 Å². The predicted octanol–water partition coefficient (Wildman–Crippen LogP) is 3.97. The van der Waals surface area contributed by atoms with Crippen LogP contribution in [0.15, 0.2) is 54.7 Å². The number of nitrogens with one attached hydrogen (secondary N) is 1. The Morgan fingerprint density at radius 2 is 1.85 bits per heavy atom. The molecule has 7 heteroatoms. The molecule has 3 rings (SSSR count). The molecule has 0 fully saturated rings. The van der Waals surface area contributed by atoms with Gasteiger partial charge in [-0.2, -0.15) is 5.10 Å². The van der Waals surface area contributed by atoms with Crippen molar-refractivity contribution in [2.75, 3.05) is 24.3 Å². The molecule has 0 saturated carbocycles. The van der Waals surface area contributed by atoms with E-state index in [2.05, 4.69) is 10.4 Å². The molecular formula is C20H20ClFN4O. The first-order chi connectivity index (χ1) is 12.9. The minimum atomic E-state index is -0.463. The van der Waals surface area contributed by atoms with E-state index >= 15 is 0 Å². The molecule has 0 atom stereocenters. The largest absolute Gasteiger partial charge is 0.378 e. The molecule has 0 aliphatic rings. The molecule has 0 saturated heterocycles. The van der Waals surface area contributed by atoms with Crippen LogP contribution in [-0.2, 0) is 17.8 Å². The van der Waals surface area contributed by atoms with Crippen LogP contribution in [0.2, 0.25) is 5.02 Å². The number of carbonyl (C=O) groups excluding carboxylic acids is 1. The van der Waals surface area contributed by atoms with Crippen LogP contribution in [0.25, 0.3) is 0 Å². The van der Waals surface area contributed by atoms with Gasteiger partial charge in [0, 0.05) is 32.0 Å². The highest BCUT2D eigenvalue weighted by atomic mass is 35.5. The maximum atomic E-state index is 13.5. The molecule has 1 N–H and O–H groups in total. The van der Waals surface area contributed by atoms with Crippen LogP contribution in [0.4, 0.5) is 15.9 Å². The highest BCUT2D eigenvalue weighted by Crippen LogP contribution is 2.17. The molecule has 1 heterocycles. The zero-order valence-corrected chi connectivity index (χ0v) is 15.9. The van der Waals surface area contributed by atoms with Crippen LogP contribution >= 0.6 is 11.6 Å². The number of hydrogen-bond acceptors (Lipinski definition) is 3.